The summed E-state index contributed by atoms with van der Waals surface area (Å²) in [6.45, 7) is 1.61. The summed E-state index contributed by atoms with van der Waals surface area (Å²) in [6.07, 6.45) is 3.67. The van der Waals surface area contributed by atoms with Gasteiger partial charge < -0.3 is 10.6 Å². The Labute approximate surface area is 164 Å². The van der Waals surface area contributed by atoms with Crippen LogP contribution in [0.25, 0.3) is 0 Å². The highest BCUT2D eigenvalue weighted by molar-refractivity contribution is 6.07. The summed E-state index contributed by atoms with van der Waals surface area (Å²) in [5.74, 6) is -1.07. The number of nitriles is 1. The second kappa shape index (κ2) is 8.40. The van der Waals surface area contributed by atoms with E-state index in [4.69, 9.17) is 5.26 Å². The molecule has 0 bridgehead atoms. The Morgan fingerprint density at radius 2 is 2.07 bits per heavy atom. The van der Waals surface area contributed by atoms with Crippen LogP contribution in [0, 0.1) is 17.2 Å². The van der Waals surface area contributed by atoms with Crippen LogP contribution >= 0.6 is 0 Å². The molecule has 1 aliphatic carbocycles. The molecule has 0 radical (unpaired) electrons. The van der Waals surface area contributed by atoms with Crippen LogP contribution in [0.2, 0.25) is 0 Å². The number of carbonyl (C=O) groups is 3. The maximum Gasteiger partial charge on any atom is 0.344 e. The summed E-state index contributed by atoms with van der Waals surface area (Å²) >= 11 is 0. The SMILES string of the molecule is C[C@]1(CCc2ccccc2)NC(=O)N(NC(=O)CN[C@@H]2CCC[C@@H]2C#N)C1=O. The van der Waals surface area contributed by atoms with Crippen LogP contribution in [0.15, 0.2) is 30.3 Å². The molecule has 1 aromatic rings. The van der Waals surface area contributed by atoms with E-state index in [1.807, 2.05) is 30.3 Å². The Morgan fingerprint density at radius 3 is 2.79 bits per heavy atom. The van der Waals surface area contributed by atoms with Gasteiger partial charge in [0, 0.05) is 6.04 Å². The fraction of sp³-hybridized carbons (Fsp3) is 0.500. The van der Waals surface area contributed by atoms with Gasteiger partial charge in [0.25, 0.3) is 11.8 Å². The van der Waals surface area contributed by atoms with Crippen LogP contribution in [0.3, 0.4) is 0 Å². The Kier molecular flexibility index (Phi) is 5.95. The van der Waals surface area contributed by atoms with Crippen molar-refractivity contribution in [2.45, 2.75) is 50.6 Å². The van der Waals surface area contributed by atoms with Crippen LogP contribution in [0.1, 0.15) is 38.2 Å². The molecule has 1 heterocycles. The number of hydrazine groups is 1. The summed E-state index contributed by atoms with van der Waals surface area (Å²) in [5.41, 5.74) is 2.38. The first kappa shape index (κ1) is 19.8. The number of hydrogen-bond acceptors (Lipinski definition) is 5. The summed E-state index contributed by atoms with van der Waals surface area (Å²) < 4.78 is 0. The largest absolute Gasteiger partial charge is 0.344 e. The van der Waals surface area contributed by atoms with Crippen molar-refractivity contribution in [2.75, 3.05) is 6.54 Å². The zero-order chi connectivity index (χ0) is 20.1. The van der Waals surface area contributed by atoms with Crippen molar-refractivity contribution in [1.82, 2.24) is 21.1 Å². The number of nitrogens with zero attached hydrogens (tertiary/aromatic N) is 2. The van der Waals surface area contributed by atoms with Gasteiger partial charge in [-0.1, -0.05) is 36.8 Å². The average molecular weight is 383 g/mol. The summed E-state index contributed by atoms with van der Waals surface area (Å²) in [4.78, 5) is 37.1. The van der Waals surface area contributed by atoms with Crippen LogP contribution < -0.4 is 16.1 Å². The standard InChI is InChI=1S/C20H25N5O3/c1-20(11-10-14-6-3-2-4-7-14)18(27)25(19(28)23-20)24-17(26)13-22-16-9-5-8-15(16)12-21/h2-4,6-7,15-16,22H,5,8-11,13H2,1H3,(H,23,28)(H,24,26)/t15-,16-,20-/m1/s1. The third kappa shape index (κ3) is 4.31. The first-order valence-electron chi connectivity index (χ1n) is 9.56. The molecule has 148 valence electrons. The van der Waals surface area contributed by atoms with Crippen molar-refractivity contribution >= 4 is 17.8 Å². The molecule has 28 heavy (non-hydrogen) atoms. The van der Waals surface area contributed by atoms with Gasteiger partial charge in [-0.15, -0.1) is 0 Å². The molecule has 0 aromatic heterocycles. The number of rotatable bonds is 7. The van der Waals surface area contributed by atoms with Crippen molar-refractivity contribution in [3.63, 3.8) is 0 Å². The molecule has 0 spiro atoms. The van der Waals surface area contributed by atoms with Crippen LogP contribution in [-0.2, 0) is 16.0 Å². The Hall–Kier alpha value is -2.92. The molecule has 2 fully saturated rings. The summed E-state index contributed by atoms with van der Waals surface area (Å²) in [5, 5.41) is 15.6. The first-order valence-corrected chi connectivity index (χ1v) is 9.56. The molecule has 2 aliphatic rings. The highest BCUT2D eigenvalue weighted by Crippen LogP contribution is 2.25. The normalized spacial score (nSPS) is 26.8. The van der Waals surface area contributed by atoms with E-state index in [0.717, 1.165) is 29.8 Å². The lowest BCUT2D eigenvalue weighted by molar-refractivity contribution is -0.138. The monoisotopic (exact) mass is 383 g/mol. The Balaban J connectivity index is 1.52. The number of carbonyl (C=O) groups excluding carboxylic acids is 3. The van der Waals surface area contributed by atoms with Gasteiger partial charge in [0.15, 0.2) is 0 Å². The molecular weight excluding hydrogens is 358 g/mol. The van der Waals surface area contributed by atoms with Gasteiger partial charge in [-0.3, -0.25) is 15.0 Å². The maximum absolute atomic E-state index is 12.7. The fourth-order valence-corrected chi connectivity index (χ4v) is 3.74. The van der Waals surface area contributed by atoms with Gasteiger partial charge >= 0.3 is 6.03 Å². The Morgan fingerprint density at radius 1 is 1.32 bits per heavy atom. The lowest BCUT2D eigenvalue weighted by atomic mass is 9.93. The zero-order valence-electron chi connectivity index (χ0n) is 15.9. The molecule has 1 saturated carbocycles. The van der Waals surface area contributed by atoms with Crippen LogP contribution in [0.5, 0.6) is 0 Å². The molecule has 0 unspecified atom stereocenters. The quantitative estimate of drug-likeness (QED) is 0.613. The third-order valence-electron chi connectivity index (χ3n) is 5.46. The highest BCUT2D eigenvalue weighted by atomic mass is 16.2. The minimum atomic E-state index is -1.06. The van der Waals surface area contributed by atoms with E-state index in [1.165, 1.54) is 0 Å². The van der Waals surface area contributed by atoms with Crippen molar-refractivity contribution in [2.24, 2.45) is 5.92 Å². The van der Waals surface area contributed by atoms with Gasteiger partial charge in [0.05, 0.1) is 18.5 Å². The number of imide groups is 1. The summed E-state index contributed by atoms with van der Waals surface area (Å²) in [7, 11) is 0. The maximum atomic E-state index is 12.7. The van der Waals surface area contributed by atoms with Crippen molar-refractivity contribution in [3.8, 4) is 6.07 Å². The fourth-order valence-electron chi connectivity index (χ4n) is 3.74. The van der Waals surface area contributed by atoms with E-state index < -0.39 is 23.4 Å². The van der Waals surface area contributed by atoms with Crippen LogP contribution in [0.4, 0.5) is 4.79 Å². The minimum Gasteiger partial charge on any atom is -0.322 e. The van der Waals surface area contributed by atoms with E-state index in [9.17, 15) is 14.4 Å². The third-order valence-corrected chi connectivity index (χ3v) is 5.46. The lowest BCUT2D eigenvalue weighted by Crippen LogP contribution is -2.51. The van der Waals surface area contributed by atoms with Crippen LogP contribution in [-0.4, -0.2) is 41.0 Å². The van der Waals surface area contributed by atoms with Gasteiger partial charge in [0.1, 0.15) is 5.54 Å². The molecule has 3 atom stereocenters. The van der Waals surface area contributed by atoms with E-state index in [-0.39, 0.29) is 18.5 Å². The predicted molar refractivity (Wildman–Crippen MR) is 101 cm³/mol. The molecular formula is C20H25N5O3. The van der Waals surface area contributed by atoms with Crippen molar-refractivity contribution in [1.29, 1.82) is 5.26 Å². The van der Waals surface area contributed by atoms with E-state index in [0.29, 0.717) is 12.8 Å². The number of amides is 4. The average Bonchev–Trinajstić information content (AvgIpc) is 3.24. The first-order chi connectivity index (χ1) is 13.4. The van der Waals surface area contributed by atoms with Gasteiger partial charge in [-0.25, -0.2) is 4.79 Å². The molecule has 1 aromatic carbocycles. The molecule has 8 nitrogen and oxygen atoms in total. The zero-order valence-corrected chi connectivity index (χ0v) is 15.9. The second-order valence-corrected chi connectivity index (χ2v) is 7.58. The lowest BCUT2D eigenvalue weighted by Gasteiger charge is -2.22. The molecule has 4 amide bonds. The van der Waals surface area contributed by atoms with E-state index in [2.05, 4.69) is 22.1 Å². The van der Waals surface area contributed by atoms with E-state index in [1.54, 1.807) is 6.92 Å². The molecule has 1 aliphatic heterocycles. The van der Waals surface area contributed by atoms with Gasteiger partial charge in [-0.05, 0) is 38.2 Å². The van der Waals surface area contributed by atoms with Gasteiger partial charge in [0.2, 0.25) is 0 Å². The molecule has 3 N–H and O–H groups in total. The second-order valence-electron chi connectivity index (χ2n) is 7.58. The smallest absolute Gasteiger partial charge is 0.322 e. The summed E-state index contributed by atoms with van der Waals surface area (Å²) in [6, 6.07) is 11.3. The van der Waals surface area contributed by atoms with Crippen molar-refractivity contribution in [3.05, 3.63) is 35.9 Å². The number of aryl methyl sites for hydroxylation is 1. The van der Waals surface area contributed by atoms with E-state index >= 15 is 0 Å². The number of hydrogen-bond donors (Lipinski definition) is 3. The molecule has 8 heteroatoms. The number of nitrogens with one attached hydrogen (secondary N) is 3. The van der Waals surface area contributed by atoms with Gasteiger partial charge in [-0.2, -0.15) is 10.3 Å². The Bertz CT molecular complexity index is 791. The molecule has 3 rings (SSSR count). The minimum absolute atomic E-state index is 0.0324. The van der Waals surface area contributed by atoms with Crippen molar-refractivity contribution < 1.29 is 14.4 Å². The topological polar surface area (TPSA) is 114 Å². The number of urea groups is 1. The predicted octanol–water partition coefficient (Wildman–Crippen LogP) is 1.24. The molecule has 1 saturated heterocycles. The highest BCUT2D eigenvalue weighted by Gasteiger charge is 2.48. The number of benzene rings is 1.